The Balaban J connectivity index is 1.76. The van der Waals surface area contributed by atoms with Gasteiger partial charge in [0.2, 0.25) is 11.7 Å². The molecule has 1 unspecified atom stereocenters. The van der Waals surface area contributed by atoms with Gasteiger partial charge in [0.15, 0.2) is 18.1 Å². The summed E-state index contributed by atoms with van der Waals surface area (Å²) in [6.07, 6.45) is 3.29. The minimum absolute atomic E-state index is 0.0155. The summed E-state index contributed by atoms with van der Waals surface area (Å²) >= 11 is 0. The number of aromatic nitrogens is 3. The lowest BCUT2D eigenvalue weighted by Gasteiger charge is -2.19. The van der Waals surface area contributed by atoms with Gasteiger partial charge in [0.1, 0.15) is 6.04 Å². The largest absolute Gasteiger partial charge is 0.493 e. The minimum Gasteiger partial charge on any atom is -0.493 e. The predicted molar refractivity (Wildman–Crippen MR) is 115 cm³/mol. The van der Waals surface area contributed by atoms with Gasteiger partial charge in [0.05, 0.1) is 7.11 Å². The maximum Gasteiger partial charge on any atom is 0.257 e. The van der Waals surface area contributed by atoms with E-state index in [1.807, 2.05) is 19.9 Å². The number of hydrogen-bond donors (Lipinski definition) is 2. The maximum atomic E-state index is 12.9. The van der Waals surface area contributed by atoms with Crippen molar-refractivity contribution in [1.82, 2.24) is 25.8 Å². The van der Waals surface area contributed by atoms with E-state index in [1.165, 1.54) is 14.2 Å². The molecular formula is C22H25N5O5. The topological polar surface area (TPSA) is 128 Å². The molecule has 0 bridgehead atoms. The van der Waals surface area contributed by atoms with Crippen LogP contribution in [0.5, 0.6) is 11.5 Å². The van der Waals surface area contributed by atoms with E-state index in [9.17, 15) is 9.59 Å². The third kappa shape index (κ3) is 5.39. The molecule has 2 heterocycles. The Kier molecular flexibility index (Phi) is 7.37. The highest BCUT2D eigenvalue weighted by Gasteiger charge is 2.26. The summed E-state index contributed by atoms with van der Waals surface area (Å²) in [5.74, 6) is 0.736. The number of rotatable bonds is 9. The fourth-order valence-electron chi connectivity index (χ4n) is 2.86. The summed E-state index contributed by atoms with van der Waals surface area (Å²) in [5.41, 5.74) is 1.07. The lowest BCUT2D eigenvalue weighted by atomic mass is 10.0. The molecule has 0 saturated carbocycles. The second kappa shape index (κ2) is 10.4. The van der Waals surface area contributed by atoms with Crippen molar-refractivity contribution in [2.45, 2.75) is 19.9 Å². The van der Waals surface area contributed by atoms with Crippen LogP contribution in [0.1, 0.15) is 36.1 Å². The number of likely N-dealkylation sites (N-methyl/N-ethyl adjacent to an activating group) is 1. The van der Waals surface area contributed by atoms with E-state index in [2.05, 4.69) is 25.8 Å². The molecule has 2 aromatic heterocycles. The zero-order valence-electron chi connectivity index (χ0n) is 18.3. The van der Waals surface area contributed by atoms with Gasteiger partial charge in [-0.1, -0.05) is 19.0 Å². The van der Waals surface area contributed by atoms with Crippen molar-refractivity contribution >= 4 is 11.8 Å². The van der Waals surface area contributed by atoms with Crippen molar-refractivity contribution in [3.05, 3.63) is 54.2 Å². The van der Waals surface area contributed by atoms with Crippen molar-refractivity contribution in [2.24, 2.45) is 5.92 Å². The fourth-order valence-corrected chi connectivity index (χ4v) is 2.86. The number of nitrogens with zero attached hydrogens (tertiary/aromatic N) is 3. The highest BCUT2D eigenvalue weighted by Crippen LogP contribution is 2.29. The highest BCUT2D eigenvalue weighted by atomic mass is 16.5. The quantitative estimate of drug-likeness (QED) is 0.520. The van der Waals surface area contributed by atoms with Gasteiger partial charge in [-0.15, -0.1) is 0 Å². The molecule has 0 spiro atoms. The smallest absolute Gasteiger partial charge is 0.257 e. The Labute approximate surface area is 185 Å². The average Bonchev–Trinajstić information content (AvgIpc) is 3.30. The van der Waals surface area contributed by atoms with Gasteiger partial charge in [-0.3, -0.25) is 14.6 Å². The first-order valence-corrected chi connectivity index (χ1v) is 9.99. The van der Waals surface area contributed by atoms with E-state index in [4.69, 9.17) is 14.0 Å². The molecule has 0 aliphatic rings. The number of ether oxygens (including phenoxy) is 2. The van der Waals surface area contributed by atoms with E-state index in [0.29, 0.717) is 34.3 Å². The first-order chi connectivity index (χ1) is 15.4. The molecule has 0 radical (unpaired) electrons. The predicted octanol–water partition coefficient (Wildman–Crippen LogP) is 2.39. The second-order valence-corrected chi connectivity index (χ2v) is 7.22. The highest BCUT2D eigenvalue weighted by molar-refractivity contribution is 5.95. The van der Waals surface area contributed by atoms with E-state index in [-0.39, 0.29) is 24.3 Å². The molecule has 2 N–H and O–H groups in total. The van der Waals surface area contributed by atoms with Crippen LogP contribution in [-0.2, 0) is 4.79 Å². The summed E-state index contributed by atoms with van der Waals surface area (Å²) in [7, 11) is 2.98. The Morgan fingerprint density at radius 3 is 2.66 bits per heavy atom. The van der Waals surface area contributed by atoms with Crippen molar-refractivity contribution < 1.29 is 23.6 Å². The molecule has 32 heavy (non-hydrogen) atoms. The van der Waals surface area contributed by atoms with Crippen LogP contribution in [0.3, 0.4) is 0 Å². The lowest BCUT2D eigenvalue weighted by molar-refractivity contribution is -0.122. The van der Waals surface area contributed by atoms with Crippen LogP contribution in [0.15, 0.2) is 47.2 Å². The lowest BCUT2D eigenvalue weighted by Crippen LogP contribution is -2.32. The third-order valence-electron chi connectivity index (χ3n) is 4.64. The number of amides is 2. The Morgan fingerprint density at radius 1 is 1.19 bits per heavy atom. The normalized spacial score (nSPS) is 11.7. The van der Waals surface area contributed by atoms with E-state index < -0.39 is 6.04 Å². The molecule has 10 nitrogen and oxygen atoms in total. The van der Waals surface area contributed by atoms with Crippen LogP contribution in [0.25, 0.3) is 11.4 Å². The molecule has 0 aliphatic heterocycles. The molecule has 10 heteroatoms. The number of benzene rings is 1. The van der Waals surface area contributed by atoms with Crippen LogP contribution in [0.2, 0.25) is 0 Å². The molecule has 0 saturated heterocycles. The Bertz CT molecular complexity index is 1070. The van der Waals surface area contributed by atoms with E-state index in [1.54, 1.807) is 36.7 Å². The number of carbonyl (C=O) groups is 2. The first kappa shape index (κ1) is 22.7. The Hall–Kier alpha value is -3.95. The fraction of sp³-hybridized carbons (Fsp3) is 0.318. The maximum absolute atomic E-state index is 12.9. The van der Waals surface area contributed by atoms with Gasteiger partial charge < -0.3 is 24.6 Å². The first-order valence-electron chi connectivity index (χ1n) is 9.99. The van der Waals surface area contributed by atoms with Crippen LogP contribution in [0.4, 0.5) is 0 Å². The molecular weight excluding hydrogens is 414 g/mol. The molecule has 1 aromatic carbocycles. The van der Waals surface area contributed by atoms with Gasteiger partial charge in [0, 0.05) is 30.6 Å². The van der Waals surface area contributed by atoms with Gasteiger partial charge in [-0.25, -0.2) is 0 Å². The zero-order valence-corrected chi connectivity index (χ0v) is 18.3. The second-order valence-electron chi connectivity index (χ2n) is 7.22. The standard InChI is InChI=1S/C22H25N5O5/c1-13(2)19(22-26-20(27-32-22)15-6-5-9-24-11-15)25-21(29)14-7-8-16(17(10-14)30-4)31-12-18(28)23-3/h5-11,13,19H,12H2,1-4H3,(H,23,28)(H,25,29). The number of pyridine rings is 1. The molecule has 0 fully saturated rings. The van der Waals surface area contributed by atoms with Crippen LogP contribution in [0, 0.1) is 5.92 Å². The molecule has 3 aromatic rings. The zero-order chi connectivity index (χ0) is 23.1. The number of nitrogens with one attached hydrogen (secondary N) is 2. The number of carbonyl (C=O) groups excluding carboxylic acids is 2. The van der Waals surface area contributed by atoms with Gasteiger partial charge in [-0.2, -0.15) is 4.98 Å². The number of methoxy groups -OCH3 is 1. The number of hydrogen-bond acceptors (Lipinski definition) is 8. The third-order valence-corrected chi connectivity index (χ3v) is 4.64. The van der Waals surface area contributed by atoms with Crippen molar-refractivity contribution in [3.63, 3.8) is 0 Å². The SMILES string of the molecule is CNC(=O)COc1ccc(C(=O)NC(c2nc(-c3cccnc3)no2)C(C)C)cc1OC. The summed E-state index contributed by atoms with van der Waals surface area (Å²) in [5, 5.41) is 9.41. The van der Waals surface area contributed by atoms with Gasteiger partial charge >= 0.3 is 0 Å². The van der Waals surface area contributed by atoms with Crippen LogP contribution < -0.4 is 20.1 Å². The van der Waals surface area contributed by atoms with Crippen molar-refractivity contribution in [3.8, 4) is 22.9 Å². The average molecular weight is 439 g/mol. The summed E-state index contributed by atoms with van der Waals surface area (Å²) in [6.45, 7) is 3.72. The van der Waals surface area contributed by atoms with Crippen LogP contribution >= 0.6 is 0 Å². The van der Waals surface area contributed by atoms with E-state index in [0.717, 1.165) is 0 Å². The van der Waals surface area contributed by atoms with Crippen LogP contribution in [-0.4, -0.2) is 47.7 Å². The summed E-state index contributed by atoms with van der Waals surface area (Å²) in [4.78, 5) is 32.8. The molecule has 0 aliphatic carbocycles. The van der Waals surface area contributed by atoms with Gasteiger partial charge in [0.25, 0.3) is 11.8 Å². The van der Waals surface area contributed by atoms with Crippen molar-refractivity contribution in [1.29, 1.82) is 0 Å². The van der Waals surface area contributed by atoms with Gasteiger partial charge in [-0.05, 0) is 36.2 Å². The molecule has 3 rings (SSSR count). The monoisotopic (exact) mass is 439 g/mol. The summed E-state index contributed by atoms with van der Waals surface area (Å²) < 4.78 is 16.2. The molecule has 2 amide bonds. The molecule has 1 atom stereocenters. The Morgan fingerprint density at radius 2 is 2.00 bits per heavy atom. The van der Waals surface area contributed by atoms with Crippen molar-refractivity contribution in [2.75, 3.05) is 20.8 Å². The molecule has 168 valence electrons. The summed E-state index contributed by atoms with van der Waals surface area (Å²) in [6, 6.07) is 7.81. The minimum atomic E-state index is -0.504. The van der Waals surface area contributed by atoms with E-state index >= 15 is 0 Å².